The lowest BCUT2D eigenvalue weighted by Crippen LogP contribution is -1.96. The van der Waals surface area contributed by atoms with Gasteiger partial charge < -0.3 is 4.74 Å². The van der Waals surface area contributed by atoms with Crippen molar-refractivity contribution < 1.29 is 4.74 Å². The van der Waals surface area contributed by atoms with E-state index in [1.165, 1.54) is 0 Å². The Bertz CT molecular complexity index is 1540. The van der Waals surface area contributed by atoms with Crippen LogP contribution in [0.3, 0.4) is 0 Å². The van der Waals surface area contributed by atoms with E-state index in [-0.39, 0.29) is 0 Å². The molecule has 0 amide bonds. The lowest BCUT2D eigenvalue weighted by atomic mass is 10.1. The van der Waals surface area contributed by atoms with Gasteiger partial charge >= 0.3 is 0 Å². The summed E-state index contributed by atoms with van der Waals surface area (Å²) < 4.78 is 6.09. The molecule has 4 heteroatoms. The number of ether oxygens (including phenoxy) is 1. The van der Waals surface area contributed by atoms with Crippen LogP contribution in [-0.2, 0) is 0 Å². The van der Waals surface area contributed by atoms with Gasteiger partial charge in [0, 0.05) is 29.1 Å². The van der Waals surface area contributed by atoms with Gasteiger partial charge in [0.25, 0.3) is 0 Å². The second kappa shape index (κ2) is 10.3. The summed E-state index contributed by atoms with van der Waals surface area (Å²) in [5, 5.41) is 0. The van der Waals surface area contributed by atoms with Crippen molar-refractivity contribution in [2.24, 2.45) is 0 Å². The molecule has 0 fully saturated rings. The summed E-state index contributed by atoms with van der Waals surface area (Å²) in [6, 6.07) is 42.4. The number of aromatic nitrogens is 3. The van der Waals surface area contributed by atoms with E-state index < -0.39 is 0 Å². The molecule has 0 unspecified atom stereocenters. The molecule has 2 heterocycles. The summed E-state index contributed by atoms with van der Waals surface area (Å²) >= 11 is 0. The third-order valence-electron chi connectivity index (χ3n) is 6.08. The first-order valence-corrected chi connectivity index (χ1v) is 12.1. The van der Waals surface area contributed by atoms with Gasteiger partial charge in [-0.05, 0) is 65.7 Å². The van der Waals surface area contributed by atoms with Crippen LogP contribution in [0.2, 0.25) is 0 Å². The Labute approximate surface area is 215 Å². The highest BCUT2D eigenvalue weighted by molar-refractivity contribution is 5.72. The molecule has 6 aromatic rings. The van der Waals surface area contributed by atoms with E-state index in [4.69, 9.17) is 14.7 Å². The van der Waals surface area contributed by atoms with Crippen LogP contribution < -0.4 is 4.74 Å². The average molecular weight is 478 g/mol. The largest absolute Gasteiger partial charge is 0.457 e. The van der Waals surface area contributed by atoms with E-state index in [9.17, 15) is 0 Å². The minimum Gasteiger partial charge on any atom is -0.457 e. The molecule has 0 saturated heterocycles. The van der Waals surface area contributed by atoms with Gasteiger partial charge in [-0.1, -0.05) is 72.8 Å². The summed E-state index contributed by atoms with van der Waals surface area (Å²) in [4.78, 5) is 13.9. The maximum atomic E-state index is 6.09. The van der Waals surface area contributed by atoms with Crippen LogP contribution >= 0.6 is 0 Å². The third kappa shape index (κ3) is 5.14. The van der Waals surface area contributed by atoms with Crippen LogP contribution in [0.4, 0.5) is 0 Å². The highest BCUT2D eigenvalue weighted by atomic mass is 16.5. The van der Waals surface area contributed by atoms with Gasteiger partial charge in [0.1, 0.15) is 11.5 Å². The SMILES string of the molecule is c1ccc(-c2cc(-c3ccccc3)nc(-c3ccc(Oc4ccc(-c5ccncc5)cc4)cc3)n2)cc1. The first-order valence-electron chi connectivity index (χ1n) is 12.1. The maximum absolute atomic E-state index is 6.09. The van der Waals surface area contributed by atoms with Gasteiger partial charge in [0.2, 0.25) is 0 Å². The Balaban J connectivity index is 1.28. The Morgan fingerprint density at radius 3 is 1.38 bits per heavy atom. The number of hydrogen-bond acceptors (Lipinski definition) is 4. The minimum atomic E-state index is 0.674. The van der Waals surface area contributed by atoms with Crippen molar-refractivity contribution in [1.82, 2.24) is 15.0 Å². The molecule has 2 aromatic heterocycles. The van der Waals surface area contributed by atoms with Gasteiger partial charge in [0.05, 0.1) is 11.4 Å². The van der Waals surface area contributed by atoms with Gasteiger partial charge in [-0.3, -0.25) is 4.98 Å². The fraction of sp³-hybridized carbons (Fsp3) is 0. The van der Waals surface area contributed by atoms with Crippen LogP contribution in [0.5, 0.6) is 11.5 Å². The minimum absolute atomic E-state index is 0.674. The Morgan fingerprint density at radius 2 is 0.865 bits per heavy atom. The molecule has 0 aliphatic heterocycles. The van der Waals surface area contributed by atoms with E-state index in [2.05, 4.69) is 29.2 Å². The predicted octanol–water partition coefficient (Wildman–Crippen LogP) is 8.33. The summed E-state index contributed by atoms with van der Waals surface area (Å²) in [7, 11) is 0. The summed E-state index contributed by atoms with van der Waals surface area (Å²) in [5.74, 6) is 2.20. The lowest BCUT2D eigenvalue weighted by molar-refractivity contribution is 0.483. The summed E-state index contributed by atoms with van der Waals surface area (Å²) in [5.41, 5.74) is 7.05. The highest BCUT2D eigenvalue weighted by Crippen LogP contribution is 2.30. The van der Waals surface area contributed by atoms with Crippen LogP contribution in [0, 0.1) is 0 Å². The molecule has 0 bridgehead atoms. The van der Waals surface area contributed by atoms with E-state index in [0.717, 1.165) is 50.7 Å². The molecule has 0 atom stereocenters. The highest BCUT2D eigenvalue weighted by Gasteiger charge is 2.11. The Morgan fingerprint density at radius 1 is 0.405 bits per heavy atom. The number of rotatable bonds is 6. The van der Waals surface area contributed by atoms with Crippen molar-refractivity contribution in [1.29, 1.82) is 0 Å². The molecule has 176 valence electrons. The molecule has 37 heavy (non-hydrogen) atoms. The zero-order valence-electron chi connectivity index (χ0n) is 20.0. The average Bonchev–Trinajstić information content (AvgIpc) is 2.99. The van der Waals surface area contributed by atoms with Crippen molar-refractivity contribution in [3.05, 3.63) is 140 Å². The number of hydrogen-bond donors (Lipinski definition) is 0. The van der Waals surface area contributed by atoms with E-state index >= 15 is 0 Å². The second-order valence-electron chi connectivity index (χ2n) is 8.58. The molecule has 0 N–H and O–H groups in total. The second-order valence-corrected chi connectivity index (χ2v) is 8.58. The molecular weight excluding hydrogens is 454 g/mol. The van der Waals surface area contributed by atoms with Crippen LogP contribution in [0.25, 0.3) is 45.0 Å². The van der Waals surface area contributed by atoms with Crippen molar-refractivity contribution in [2.45, 2.75) is 0 Å². The first kappa shape index (κ1) is 22.4. The van der Waals surface area contributed by atoms with Crippen molar-refractivity contribution in [3.63, 3.8) is 0 Å². The van der Waals surface area contributed by atoms with Crippen molar-refractivity contribution >= 4 is 0 Å². The molecule has 0 radical (unpaired) electrons. The molecular formula is C33H23N3O. The molecule has 4 nitrogen and oxygen atoms in total. The topological polar surface area (TPSA) is 47.9 Å². The quantitative estimate of drug-likeness (QED) is 0.242. The van der Waals surface area contributed by atoms with Crippen molar-refractivity contribution in [3.8, 4) is 56.5 Å². The maximum Gasteiger partial charge on any atom is 0.160 e. The van der Waals surface area contributed by atoms with Crippen LogP contribution in [-0.4, -0.2) is 15.0 Å². The number of pyridine rings is 1. The third-order valence-corrected chi connectivity index (χ3v) is 6.08. The fourth-order valence-electron chi connectivity index (χ4n) is 4.16. The van der Waals surface area contributed by atoms with Gasteiger partial charge in [0.15, 0.2) is 5.82 Å². The molecule has 0 aliphatic carbocycles. The van der Waals surface area contributed by atoms with Crippen molar-refractivity contribution in [2.75, 3.05) is 0 Å². The zero-order valence-corrected chi connectivity index (χ0v) is 20.0. The van der Waals surface area contributed by atoms with Crippen LogP contribution in [0.1, 0.15) is 0 Å². The van der Waals surface area contributed by atoms with Crippen LogP contribution in [0.15, 0.2) is 140 Å². The summed E-state index contributed by atoms with van der Waals surface area (Å²) in [6.07, 6.45) is 3.59. The van der Waals surface area contributed by atoms with E-state index in [1.54, 1.807) is 12.4 Å². The molecule has 0 aliphatic rings. The predicted molar refractivity (Wildman–Crippen MR) is 148 cm³/mol. The van der Waals surface area contributed by atoms with Gasteiger partial charge in [-0.2, -0.15) is 0 Å². The van der Waals surface area contributed by atoms with E-state index in [1.807, 2.05) is 103 Å². The zero-order chi connectivity index (χ0) is 24.9. The molecule has 0 saturated carbocycles. The normalized spacial score (nSPS) is 10.7. The smallest absolute Gasteiger partial charge is 0.160 e. The fourth-order valence-corrected chi connectivity index (χ4v) is 4.16. The lowest BCUT2D eigenvalue weighted by Gasteiger charge is -2.10. The van der Waals surface area contributed by atoms with Gasteiger partial charge in [-0.15, -0.1) is 0 Å². The first-order chi connectivity index (χ1) is 18.3. The standard InChI is InChI=1S/C33H23N3O/c1-3-7-26(8-4-1)31-23-32(27-9-5-2-6-10-27)36-33(35-31)28-13-17-30(18-14-28)37-29-15-11-24(12-16-29)25-19-21-34-22-20-25/h1-23H. The van der Waals surface area contributed by atoms with E-state index in [0.29, 0.717) is 5.82 Å². The number of benzene rings is 4. The summed E-state index contributed by atoms with van der Waals surface area (Å²) in [6.45, 7) is 0. The Hall–Kier alpha value is -5.09. The molecule has 6 rings (SSSR count). The molecule has 4 aromatic carbocycles. The monoisotopic (exact) mass is 477 g/mol. The number of nitrogens with zero attached hydrogens (tertiary/aromatic N) is 3. The van der Waals surface area contributed by atoms with Gasteiger partial charge in [-0.25, -0.2) is 9.97 Å². The molecule has 0 spiro atoms. The Kier molecular flexibility index (Phi) is 6.21.